The Balaban J connectivity index is 2.42. The van der Waals surface area contributed by atoms with Gasteiger partial charge in [-0.2, -0.15) is 0 Å². The molecule has 0 aromatic heterocycles. The molecule has 0 aliphatic carbocycles. The Morgan fingerprint density at radius 3 is 3.07 bits per heavy atom. The average Bonchev–Trinajstić information content (AvgIpc) is 2.20. The number of nitrogens with two attached hydrogens (primary N) is 1. The van der Waals surface area contributed by atoms with Crippen LogP contribution in [0.25, 0.3) is 0 Å². The number of rotatable bonds is 3. The fraction of sp³-hybridized carbons (Fsp3) is 0.750. The van der Waals surface area contributed by atoms with Gasteiger partial charge in [-0.1, -0.05) is 0 Å². The van der Waals surface area contributed by atoms with Crippen LogP contribution in [0.15, 0.2) is 0 Å². The van der Waals surface area contributed by atoms with E-state index in [1.807, 2.05) is 0 Å². The largest absolute Gasteiger partial charge is 0.468 e. The van der Waals surface area contributed by atoms with Crippen molar-refractivity contribution in [3.8, 4) is 0 Å². The Hall–Kier alpha value is -1.30. The molecule has 1 rings (SSSR count). The van der Waals surface area contributed by atoms with Crippen LogP contribution in [0.2, 0.25) is 0 Å². The maximum Gasteiger partial charge on any atom is 0.324 e. The molecular weight excluding hydrogens is 186 g/mol. The van der Waals surface area contributed by atoms with E-state index in [9.17, 15) is 9.59 Å². The minimum atomic E-state index is -0.760. The Morgan fingerprint density at radius 1 is 1.79 bits per heavy atom. The zero-order valence-corrected chi connectivity index (χ0v) is 8.16. The Kier molecular flexibility index (Phi) is 3.70. The lowest BCUT2D eigenvalue weighted by Gasteiger charge is -2.28. The number of amides is 2. The van der Waals surface area contributed by atoms with Crippen molar-refractivity contribution in [2.24, 2.45) is 5.73 Å². The first-order valence-electron chi connectivity index (χ1n) is 4.51. The quantitative estimate of drug-likeness (QED) is 0.568. The van der Waals surface area contributed by atoms with E-state index in [1.54, 1.807) is 0 Å². The van der Waals surface area contributed by atoms with Gasteiger partial charge in [-0.05, 0) is 6.42 Å². The number of esters is 1. The second-order valence-corrected chi connectivity index (χ2v) is 3.16. The van der Waals surface area contributed by atoms with Crippen molar-refractivity contribution < 1.29 is 14.3 Å². The van der Waals surface area contributed by atoms with Crippen molar-refractivity contribution in [3.05, 3.63) is 0 Å². The highest BCUT2D eigenvalue weighted by atomic mass is 16.5. The van der Waals surface area contributed by atoms with E-state index >= 15 is 0 Å². The first-order valence-corrected chi connectivity index (χ1v) is 4.51. The first kappa shape index (κ1) is 10.8. The van der Waals surface area contributed by atoms with E-state index in [2.05, 4.69) is 10.1 Å². The molecule has 0 aromatic rings. The zero-order chi connectivity index (χ0) is 10.6. The number of nitrogens with zero attached hydrogens (tertiary/aromatic N) is 1. The fourth-order valence-corrected chi connectivity index (χ4v) is 1.32. The van der Waals surface area contributed by atoms with Crippen LogP contribution in [0.1, 0.15) is 6.42 Å². The second kappa shape index (κ2) is 4.80. The monoisotopic (exact) mass is 201 g/mol. The minimum Gasteiger partial charge on any atom is -0.468 e. The SMILES string of the molecule is COC(=O)C(N)CN1CCCNC1=O. The lowest BCUT2D eigenvalue weighted by Crippen LogP contribution is -2.52. The highest BCUT2D eigenvalue weighted by Gasteiger charge is 2.23. The molecule has 3 N–H and O–H groups in total. The molecular formula is C8H15N3O3. The van der Waals surface area contributed by atoms with Crippen LogP contribution in [-0.2, 0) is 9.53 Å². The molecule has 6 nitrogen and oxygen atoms in total. The van der Waals surface area contributed by atoms with E-state index < -0.39 is 12.0 Å². The highest BCUT2D eigenvalue weighted by molar-refractivity contribution is 5.78. The summed E-state index contributed by atoms with van der Waals surface area (Å²) in [5.41, 5.74) is 5.52. The van der Waals surface area contributed by atoms with Crippen molar-refractivity contribution in [3.63, 3.8) is 0 Å². The summed E-state index contributed by atoms with van der Waals surface area (Å²) in [4.78, 5) is 23.8. The summed E-state index contributed by atoms with van der Waals surface area (Å²) in [7, 11) is 1.28. The van der Waals surface area contributed by atoms with Crippen LogP contribution >= 0.6 is 0 Å². The van der Waals surface area contributed by atoms with Crippen LogP contribution < -0.4 is 11.1 Å². The third-order valence-electron chi connectivity index (χ3n) is 2.09. The number of urea groups is 1. The lowest BCUT2D eigenvalue weighted by atomic mass is 10.2. The number of hydrogen-bond donors (Lipinski definition) is 2. The molecule has 80 valence electrons. The van der Waals surface area contributed by atoms with E-state index in [0.29, 0.717) is 13.1 Å². The molecule has 0 aromatic carbocycles. The summed E-state index contributed by atoms with van der Waals surface area (Å²) in [5.74, 6) is -0.497. The van der Waals surface area contributed by atoms with Gasteiger partial charge < -0.3 is 20.7 Å². The van der Waals surface area contributed by atoms with Gasteiger partial charge in [-0.25, -0.2) is 4.79 Å². The molecule has 0 spiro atoms. The van der Waals surface area contributed by atoms with E-state index in [1.165, 1.54) is 12.0 Å². The van der Waals surface area contributed by atoms with Gasteiger partial charge in [0.25, 0.3) is 0 Å². The molecule has 0 saturated carbocycles. The second-order valence-electron chi connectivity index (χ2n) is 3.16. The first-order chi connectivity index (χ1) is 6.65. The summed E-state index contributed by atoms with van der Waals surface area (Å²) in [6.07, 6.45) is 0.875. The molecule has 1 aliphatic rings. The molecule has 6 heteroatoms. The van der Waals surface area contributed by atoms with Crippen molar-refractivity contribution in [2.45, 2.75) is 12.5 Å². The van der Waals surface area contributed by atoms with Gasteiger partial charge in [0.1, 0.15) is 6.04 Å². The van der Waals surface area contributed by atoms with Gasteiger partial charge in [0.2, 0.25) is 0 Å². The molecule has 1 saturated heterocycles. The van der Waals surface area contributed by atoms with Crippen molar-refractivity contribution in [1.29, 1.82) is 0 Å². The molecule has 0 radical (unpaired) electrons. The number of nitrogens with one attached hydrogen (secondary N) is 1. The predicted molar refractivity (Wildman–Crippen MR) is 49.6 cm³/mol. The molecule has 1 heterocycles. The highest BCUT2D eigenvalue weighted by Crippen LogP contribution is 2.00. The summed E-state index contributed by atoms with van der Waals surface area (Å²) in [6, 6.07) is -0.931. The van der Waals surface area contributed by atoms with Crippen LogP contribution in [0, 0.1) is 0 Å². The summed E-state index contributed by atoms with van der Waals surface area (Å²) in [5, 5.41) is 2.67. The number of carbonyl (C=O) groups excluding carboxylic acids is 2. The molecule has 1 fully saturated rings. The van der Waals surface area contributed by atoms with Gasteiger partial charge in [0, 0.05) is 19.6 Å². The van der Waals surface area contributed by atoms with Crippen LogP contribution in [0.5, 0.6) is 0 Å². The number of methoxy groups -OCH3 is 1. The molecule has 2 amide bonds. The maximum absolute atomic E-state index is 11.2. The van der Waals surface area contributed by atoms with E-state index in [-0.39, 0.29) is 12.6 Å². The van der Waals surface area contributed by atoms with Crippen molar-refractivity contribution >= 4 is 12.0 Å². The van der Waals surface area contributed by atoms with Crippen molar-refractivity contribution in [1.82, 2.24) is 10.2 Å². The van der Waals surface area contributed by atoms with Crippen LogP contribution in [0.4, 0.5) is 4.79 Å². The Bertz CT molecular complexity index is 232. The van der Waals surface area contributed by atoms with Crippen LogP contribution in [-0.4, -0.2) is 49.7 Å². The average molecular weight is 201 g/mol. The summed E-state index contributed by atoms with van der Waals surface area (Å²) in [6.45, 7) is 1.53. The number of ether oxygens (including phenoxy) is 1. The van der Waals surface area contributed by atoms with Crippen molar-refractivity contribution in [2.75, 3.05) is 26.7 Å². The van der Waals surface area contributed by atoms with Gasteiger partial charge in [0.05, 0.1) is 7.11 Å². The minimum absolute atomic E-state index is 0.171. The summed E-state index contributed by atoms with van der Waals surface area (Å²) >= 11 is 0. The number of carbonyl (C=O) groups is 2. The maximum atomic E-state index is 11.2. The summed E-state index contributed by atoms with van der Waals surface area (Å²) < 4.78 is 4.47. The zero-order valence-electron chi connectivity index (χ0n) is 8.16. The smallest absolute Gasteiger partial charge is 0.324 e. The molecule has 14 heavy (non-hydrogen) atoms. The van der Waals surface area contributed by atoms with E-state index in [0.717, 1.165) is 6.42 Å². The van der Waals surface area contributed by atoms with Gasteiger partial charge in [0.15, 0.2) is 0 Å². The predicted octanol–water partition coefficient (Wildman–Crippen LogP) is -1.10. The van der Waals surface area contributed by atoms with Gasteiger partial charge in [-0.15, -0.1) is 0 Å². The number of hydrogen-bond acceptors (Lipinski definition) is 4. The third-order valence-corrected chi connectivity index (χ3v) is 2.09. The molecule has 1 atom stereocenters. The van der Waals surface area contributed by atoms with Gasteiger partial charge >= 0.3 is 12.0 Å². The third kappa shape index (κ3) is 2.59. The molecule has 1 aliphatic heterocycles. The normalized spacial score (nSPS) is 18.7. The van der Waals surface area contributed by atoms with Gasteiger partial charge in [-0.3, -0.25) is 4.79 Å². The fourth-order valence-electron chi connectivity index (χ4n) is 1.32. The molecule has 1 unspecified atom stereocenters. The standard InChI is InChI=1S/C8H15N3O3/c1-14-7(12)6(9)5-11-4-2-3-10-8(11)13/h6H,2-5,9H2,1H3,(H,10,13). The topological polar surface area (TPSA) is 84.7 Å². The van der Waals surface area contributed by atoms with E-state index in [4.69, 9.17) is 5.73 Å². The lowest BCUT2D eigenvalue weighted by molar-refractivity contribution is -0.142. The Morgan fingerprint density at radius 2 is 2.50 bits per heavy atom. The molecule has 0 bridgehead atoms. The Labute approximate surface area is 82.4 Å². The van der Waals surface area contributed by atoms with Crippen LogP contribution in [0.3, 0.4) is 0 Å².